The van der Waals surface area contributed by atoms with Gasteiger partial charge in [-0.3, -0.25) is 4.79 Å². The molecule has 0 fully saturated rings. The number of carbonyl (C=O) groups is 1. The standard InChI is InChI=1S/C16H22N2O2/c1-12(2)11-20-10-4-8-18-16(19)14-6-3-5-13-7-9-17-15(13)14/h3,5-7,9,12,17H,4,8,10-11H2,1-2H3,(H,18,19). The van der Waals surface area contributed by atoms with Gasteiger partial charge < -0.3 is 15.0 Å². The van der Waals surface area contributed by atoms with Gasteiger partial charge in [0.05, 0.1) is 11.1 Å². The quantitative estimate of drug-likeness (QED) is 0.763. The molecule has 4 heteroatoms. The molecule has 0 aliphatic carbocycles. The molecule has 2 aromatic rings. The van der Waals surface area contributed by atoms with E-state index in [2.05, 4.69) is 24.1 Å². The fraction of sp³-hybridized carbons (Fsp3) is 0.438. The molecule has 0 atom stereocenters. The van der Waals surface area contributed by atoms with Crippen LogP contribution >= 0.6 is 0 Å². The predicted octanol–water partition coefficient (Wildman–Crippen LogP) is 2.96. The third kappa shape index (κ3) is 3.84. The maximum absolute atomic E-state index is 12.1. The van der Waals surface area contributed by atoms with Crippen LogP contribution in [-0.4, -0.2) is 30.6 Å². The van der Waals surface area contributed by atoms with E-state index in [-0.39, 0.29) is 5.91 Å². The van der Waals surface area contributed by atoms with Crippen LogP contribution in [-0.2, 0) is 4.74 Å². The number of rotatable bonds is 7. The molecule has 0 aliphatic rings. The summed E-state index contributed by atoms with van der Waals surface area (Å²) in [6, 6.07) is 7.69. The first-order valence-corrected chi connectivity index (χ1v) is 7.10. The number of para-hydroxylation sites is 1. The van der Waals surface area contributed by atoms with Crippen molar-refractivity contribution in [3.63, 3.8) is 0 Å². The van der Waals surface area contributed by atoms with E-state index < -0.39 is 0 Å². The monoisotopic (exact) mass is 274 g/mol. The van der Waals surface area contributed by atoms with Crippen LogP contribution < -0.4 is 5.32 Å². The van der Waals surface area contributed by atoms with E-state index >= 15 is 0 Å². The first-order chi connectivity index (χ1) is 9.68. The minimum Gasteiger partial charge on any atom is -0.381 e. The first-order valence-electron chi connectivity index (χ1n) is 7.10. The Balaban J connectivity index is 1.79. The predicted molar refractivity (Wildman–Crippen MR) is 80.9 cm³/mol. The SMILES string of the molecule is CC(C)COCCCNC(=O)c1cccc2cc[nH]c12. The summed E-state index contributed by atoms with van der Waals surface area (Å²) in [5.41, 5.74) is 1.58. The molecule has 2 N–H and O–H groups in total. The fourth-order valence-corrected chi connectivity index (χ4v) is 2.06. The van der Waals surface area contributed by atoms with Crippen molar-refractivity contribution in [1.82, 2.24) is 10.3 Å². The largest absolute Gasteiger partial charge is 0.381 e. The average molecular weight is 274 g/mol. The van der Waals surface area contributed by atoms with Crippen LogP contribution in [0.25, 0.3) is 10.9 Å². The summed E-state index contributed by atoms with van der Waals surface area (Å²) in [5, 5.41) is 3.98. The summed E-state index contributed by atoms with van der Waals surface area (Å²) < 4.78 is 5.48. The lowest BCUT2D eigenvalue weighted by molar-refractivity contribution is 0.0926. The van der Waals surface area contributed by atoms with Gasteiger partial charge in [0, 0.05) is 31.3 Å². The lowest BCUT2D eigenvalue weighted by Gasteiger charge is -2.08. The lowest BCUT2D eigenvalue weighted by Crippen LogP contribution is -2.25. The van der Waals surface area contributed by atoms with E-state index in [0.29, 0.717) is 24.6 Å². The van der Waals surface area contributed by atoms with Crippen molar-refractivity contribution in [3.8, 4) is 0 Å². The molecular weight excluding hydrogens is 252 g/mol. The van der Waals surface area contributed by atoms with E-state index in [1.807, 2.05) is 30.5 Å². The summed E-state index contributed by atoms with van der Waals surface area (Å²) in [6.07, 6.45) is 2.68. The third-order valence-electron chi connectivity index (χ3n) is 3.03. The van der Waals surface area contributed by atoms with Crippen LogP contribution in [0.3, 0.4) is 0 Å². The number of carbonyl (C=O) groups excluding carboxylic acids is 1. The van der Waals surface area contributed by atoms with E-state index in [1.54, 1.807) is 0 Å². The summed E-state index contributed by atoms with van der Waals surface area (Å²) in [7, 11) is 0. The van der Waals surface area contributed by atoms with Crippen LogP contribution in [0, 0.1) is 5.92 Å². The van der Waals surface area contributed by atoms with Gasteiger partial charge in [-0.05, 0) is 24.5 Å². The molecular formula is C16H22N2O2. The molecule has 0 aliphatic heterocycles. The number of amides is 1. The molecule has 0 spiro atoms. The molecule has 1 heterocycles. The maximum atomic E-state index is 12.1. The van der Waals surface area contributed by atoms with Gasteiger partial charge in [0.2, 0.25) is 0 Å². The maximum Gasteiger partial charge on any atom is 0.253 e. The Kier molecular flexibility index (Phi) is 5.18. The summed E-state index contributed by atoms with van der Waals surface area (Å²) in [6.45, 7) is 6.34. The highest BCUT2D eigenvalue weighted by Gasteiger charge is 2.09. The molecule has 0 radical (unpaired) electrons. The molecule has 1 aromatic heterocycles. The normalized spacial score (nSPS) is 11.2. The molecule has 1 amide bonds. The number of fused-ring (bicyclic) bond motifs is 1. The van der Waals surface area contributed by atoms with Gasteiger partial charge in [-0.15, -0.1) is 0 Å². The zero-order chi connectivity index (χ0) is 14.4. The Hall–Kier alpha value is -1.81. The van der Waals surface area contributed by atoms with E-state index in [4.69, 9.17) is 4.74 Å². The molecule has 20 heavy (non-hydrogen) atoms. The number of aromatic nitrogens is 1. The van der Waals surface area contributed by atoms with Gasteiger partial charge >= 0.3 is 0 Å². The van der Waals surface area contributed by atoms with Gasteiger partial charge in [-0.2, -0.15) is 0 Å². The zero-order valence-corrected chi connectivity index (χ0v) is 12.1. The zero-order valence-electron chi connectivity index (χ0n) is 12.1. The Morgan fingerprint density at radius 3 is 3.00 bits per heavy atom. The van der Waals surface area contributed by atoms with Crippen molar-refractivity contribution in [1.29, 1.82) is 0 Å². The van der Waals surface area contributed by atoms with E-state index in [9.17, 15) is 4.79 Å². The number of benzene rings is 1. The fourth-order valence-electron chi connectivity index (χ4n) is 2.06. The van der Waals surface area contributed by atoms with Crippen molar-refractivity contribution in [2.45, 2.75) is 20.3 Å². The number of hydrogen-bond acceptors (Lipinski definition) is 2. The van der Waals surface area contributed by atoms with Crippen molar-refractivity contribution in [3.05, 3.63) is 36.0 Å². The molecule has 0 saturated heterocycles. The Labute approximate surface area is 119 Å². The van der Waals surface area contributed by atoms with Crippen LogP contribution in [0.2, 0.25) is 0 Å². The first kappa shape index (κ1) is 14.6. The highest BCUT2D eigenvalue weighted by Crippen LogP contribution is 2.16. The van der Waals surface area contributed by atoms with Crippen molar-refractivity contribution < 1.29 is 9.53 Å². The molecule has 108 valence electrons. The average Bonchev–Trinajstić information content (AvgIpc) is 2.90. The van der Waals surface area contributed by atoms with Crippen molar-refractivity contribution in [2.75, 3.05) is 19.8 Å². The van der Waals surface area contributed by atoms with Gasteiger partial charge in [-0.25, -0.2) is 0 Å². The number of H-pyrrole nitrogens is 1. The van der Waals surface area contributed by atoms with Crippen LogP contribution in [0.1, 0.15) is 30.6 Å². The van der Waals surface area contributed by atoms with E-state index in [1.165, 1.54) is 0 Å². The van der Waals surface area contributed by atoms with Gasteiger partial charge in [0.1, 0.15) is 0 Å². The highest BCUT2D eigenvalue weighted by molar-refractivity contribution is 6.05. The highest BCUT2D eigenvalue weighted by atomic mass is 16.5. The Morgan fingerprint density at radius 2 is 2.20 bits per heavy atom. The van der Waals surface area contributed by atoms with E-state index in [0.717, 1.165) is 23.9 Å². The van der Waals surface area contributed by atoms with Gasteiger partial charge in [-0.1, -0.05) is 26.0 Å². The van der Waals surface area contributed by atoms with Crippen LogP contribution in [0.5, 0.6) is 0 Å². The topological polar surface area (TPSA) is 54.1 Å². The van der Waals surface area contributed by atoms with Crippen LogP contribution in [0.15, 0.2) is 30.5 Å². The Bertz CT molecular complexity index is 560. The molecule has 4 nitrogen and oxygen atoms in total. The molecule has 1 aromatic carbocycles. The Morgan fingerprint density at radius 1 is 1.35 bits per heavy atom. The minimum absolute atomic E-state index is 0.0399. The third-order valence-corrected chi connectivity index (χ3v) is 3.03. The number of ether oxygens (including phenoxy) is 1. The van der Waals surface area contributed by atoms with Crippen molar-refractivity contribution >= 4 is 16.8 Å². The molecule has 2 rings (SSSR count). The number of nitrogens with one attached hydrogen (secondary N) is 2. The molecule has 0 unspecified atom stereocenters. The van der Waals surface area contributed by atoms with Gasteiger partial charge in [0.25, 0.3) is 5.91 Å². The molecule has 0 saturated carbocycles. The molecule has 0 bridgehead atoms. The smallest absolute Gasteiger partial charge is 0.253 e. The lowest BCUT2D eigenvalue weighted by atomic mass is 10.1. The second kappa shape index (κ2) is 7.10. The second-order valence-corrected chi connectivity index (χ2v) is 5.33. The summed E-state index contributed by atoms with van der Waals surface area (Å²) in [5.74, 6) is 0.511. The van der Waals surface area contributed by atoms with Gasteiger partial charge in [0.15, 0.2) is 0 Å². The van der Waals surface area contributed by atoms with Crippen molar-refractivity contribution in [2.24, 2.45) is 5.92 Å². The van der Waals surface area contributed by atoms with Crippen LogP contribution in [0.4, 0.5) is 0 Å². The minimum atomic E-state index is -0.0399. The second-order valence-electron chi connectivity index (χ2n) is 5.33. The number of aromatic amines is 1. The summed E-state index contributed by atoms with van der Waals surface area (Å²) in [4.78, 5) is 15.2. The number of hydrogen-bond donors (Lipinski definition) is 2. The summed E-state index contributed by atoms with van der Waals surface area (Å²) >= 11 is 0.